The number of rotatable bonds is 8. The quantitative estimate of drug-likeness (QED) is 0.749. The fraction of sp³-hybridized carbons (Fsp3) is 0.294. The highest BCUT2D eigenvalue weighted by atomic mass is 32.2. The average Bonchev–Trinajstić information content (AvgIpc) is 2.57. The van der Waals surface area contributed by atoms with Crippen molar-refractivity contribution >= 4 is 10.0 Å². The van der Waals surface area contributed by atoms with Crippen molar-refractivity contribution in [2.24, 2.45) is 0 Å². The second-order valence-electron chi connectivity index (χ2n) is 5.25. The predicted octanol–water partition coefficient (Wildman–Crippen LogP) is 3.60. The van der Waals surface area contributed by atoms with E-state index in [1.165, 1.54) is 12.1 Å². The summed E-state index contributed by atoms with van der Waals surface area (Å²) in [5.74, 6) is -0.600. The lowest BCUT2D eigenvalue weighted by Gasteiger charge is -2.13. The summed E-state index contributed by atoms with van der Waals surface area (Å²) in [6.45, 7) is 2.69. The molecule has 0 amide bonds. The first-order chi connectivity index (χ1) is 12.2. The Hall–Kier alpha value is -2.10. The van der Waals surface area contributed by atoms with Crippen LogP contribution in [0.5, 0.6) is 5.75 Å². The molecule has 0 unspecified atom stereocenters. The van der Waals surface area contributed by atoms with E-state index in [1.807, 2.05) is 19.1 Å². The van der Waals surface area contributed by atoms with Gasteiger partial charge in [0.25, 0.3) is 0 Å². The molecule has 0 spiro atoms. The topological polar surface area (TPSA) is 64.6 Å². The fourth-order valence-electron chi connectivity index (χ4n) is 2.18. The molecule has 0 saturated heterocycles. The lowest BCUT2D eigenvalue weighted by atomic mass is 10.1. The van der Waals surface area contributed by atoms with Crippen LogP contribution in [0, 0.1) is 0 Å². The van der Waals surface area contributed by atoms with Crippen LogP contribution in [0.2, 0.25) is 0 Å². The molecule has 9 heteroatoms. The van der Waals surface area contributed by atoms with Crippen LogP contribution in [0.1, 0.15) is 18.1 Å². The van der Waals surface area contributed by atoms with Gasteiger partial charge in [0.1, 0.15) is 5.75 Å². The molecule has 0 aliphatic heterocycles. The highest BCUT2D eigenvalue weighted by Crippen LogP contribution is 2.25. The lowest BCUT2D eigenvalue weighted by molar-refractivity contribution is -0.274. The Kier molecular flexibility index (Phi) is 6.63. The molecule has 0 saturated carbocycles. The van der Waals surface area contributed by atoms with Crippen molar-refractivity contribution in [3.63, 3.8) is 0 Å². The van der Waals surface area contributed by atoms with Crippen molar-refractivity contribution in [2.45, 2.75) is 31.3 Å². The van der Waals surface area contributed by atoms with E-state index in [0.717, 1.165) is 17.7 Å². The zero-order chi connectivity index (χ0) is 19.2. The van der Waals surface area contributed by atoms with Gasteiger partial charge in [0.15, 0.2) is 0 Å². The van der Waals surface area contributed by atoms with Gasteiger partial charge in [-0.25, -0.2) is 13.1 Å². The summed E-state index contributed by atoms with van der Waals surface area (Å²) in [5, 5.41) is 0. The van der Waals surface area contributed by atoms with E-state index in [9.17, 15) is 21.6 Å². The van der Waals surface area contributed by atoms with Crippen LogP contribution in [0.4, 0.5) is 13.2 Å². The van der Waals surface area contributed by atoms with Gasteiger partial charge in [-0.1, -0.05) is 30.3 Å². The molecule has 1 N–H and O–H groups in total. The van der Waals surface area contributed by atoms with Crippen LogP contribution in [0.3, 0.4) is 0 Å². The molecular formula is C17H18F3NO4S. The molecule has 0 aliphatic carbocycles. The van der Waals surface area contributed by atoms with Crippen LogP contribution >= 0.6 is 0 Å². The number of nitrogens with one attached hydrogen (secondary N) is 1. The molecule has 142 valence electrons. The number of alkyl halides is 3. The SMILES string of the molecule is CCOCc1ccccc1CNS(=O)(=O)c1cccc(OC(F)(F)F)c1. The first-order valence-corrected chi connectivity index (χ1v) is 9.19. The first kappa shape index (κ1) is 20.2. The Bertz CT molecular complexity index is 838. The number of halogens is 3. The molecule has 0 bridgehead atoms. The van der Waals surface area contributed by atoms with Crippen molar-refractivity contribution in [1.82, 2.24) is 4.72 Å². The summed E-state index contributed by atoms with van der Waals surface area (Å²) in [6, 6.07) is 11.4. The Morgan fingerprint density at radius 2 is 1.73 bits per heavy atom. The van der Waals surface area contributed by atoms with Crippen molar-refractivity contribution in [2.75, 3.05) is 6.61 Å². The standard InChI is InChI=1S/C17H18F3NO4S/c1-2-24-12-14-7-4-3-6-13(14)11-21-26(22,23)16-9-5-8-15(10-16)25-17(18,19)20/h3-10,21H,2,11-12H2,1H3. The smallest absolute Gasteiger partial charge is 0.406 e. The highest BCUT2D eigenvalue weighted by molar-refractivity contribution is 7.89. The van der Waals surface area contributed by atoms with Crippen molar-refractivity contribution < 1.29 is 31.1 Å². The lowest BCUT2D eigenvalue weighted by Crippen LogP contribution is -2.24. The normalized spacial score (nSPS) is 12.2. The van der Waals surface area contributed by atoms with Crippen LogP contribution in [0.15, 0.2) is 53.4 Å². The molecule has 26 heavy (non-hydrogen) atoms. The van der Waals surface area contributed by atoms with Crippen molar-refractivity contribution in [1.29, 1.82) is 0 Å². The van der Waals surface area contributed by atoms with Crippen LogP contribution < -0.4 is 9.46 Å². The molecule has 0 radical (unpaired) electrons. The number of hydrogen-bond donors (Lipinski definition) is 1. The van der Waals surface area contributed by atoms with Gasteiger partial charge in [-0.2, -0.15) is 0 Å². The Morgan fingerprint density at radius 1 is 1.04 bits per heavy atom. The van der Waals surface area contributed by atoms with Gasteiger partial charge in [0, 0.05) is 19.2 Å². The number of ether oxygens (including phenoxy) is 2. The molecule has 2 aromatic carbocycles. The molecule has 5 nitrogen and oxygen atoms in total. The minimum absolute atomic E-state index is 0.0179. The van der Waals surface area contributed by atoms with E-state index < -0.39 is 22.1 Å². The summed E-state index contributed by atoms with van der Waals surface area (Å²) in [5.41, 5.74) is 1.54. The van der Waals surface area contributed by atoms with E-state index >= 15 is 0 Å². The largest absolute Gasteiger partial charge is 0.573 e. The summed E-state index contributed by atoms with van der Waals surface area (Å²) in [4.78, 5) is -0.318. The fourth-order valence-corrected chi connectivity index (χ4v) is 3.22. The van der Waals surface area contributed by atoms with E-state index in [0.29, 0.717) is 18.8 Å². The second-order valence-corrected chi connectivity index (χ2v) is 7.02. The maximum atomic E-state index is 12.4. The van der Waals surface area contributed by atoms with Crippen LogP contribution in [-0.2, 0) is 27.9 Å². The summed E-state index contributed by atoms with van der Waals surface area (Å²) >= 11 is 0. The van der Waals surface area contributed by atoms with E-state index in [1.54, 1.807) is 12.1 Å². The molecule has 0 aliphatic rings. The zero-order valence-electron chi connectivity index (χ0n) is 13.9. The van der Waals surface area contributed by atoms with E-state index in [2.05, 4.69) is 9.46 Å². The number of sulfonamides is 1. The number of hydrogen-bond acceptors (Lipinski definition) is 4. The summed E-state index contributed by atoms with van der Waals surface area (Å²) in [7, 11) is -4.01. The first-order valence-electron chi connectivity index (χ1n) is 7.71. The van der Waals surface area contributed by atoms with Gasteiger partial charge in [-0.3, -0.25) is 0 Å². The van der Waals surface area contributed by atoms with Gasteiger partial charge in [0.2, 0.25) is 10.0 Å². The summed E-state index contributed by atoms with van der Waals surface area (Å²) < 4.78 is 73.1. The molecule has 0 fully saturated rings. The third-order valence-corrected chi connectivity index (χ3v) is 4.78. The second kappa shape index (κ2) is 8.52. The molecule has 0 heterocycles. The minimum atomic E-state index is -4.89. The van der Waals surface area contributed by atoms with Crippen molar-refractivity contribution in [3.8, 4) is 5.75 Å². The van der Waals surface area contributed by atoms with Gasteiger partial charge < -0.3 is 9.47 Å². The maximum Gasteiger partial charge on any atom is 0.573 e. The number of benzene rings is 2. The monoisotopic (exact) mass is 389 g/mol. The predicted molar refractivity (Wildman–Crippen MR) is 88.9 cm³/mol. The third kappa shape index (κ3) is 6.01. The molecule has 0 aromatic heterocycles. The van der Waals surface area contributed by atoms with Gasteiger partial charge in [-0.05, 0) is 30.2 Å². The van der Waals surface area contributed by atoms with Gasteiger partial charge in [0.05, 0.1) is 11.5 Å². The molecular weight excluding hydrogens is 371 g/mol. The van der Waals surface area contributed by atoms with Gasteiger partial charge in [-0.15, -0.1) is 13.2 Å². The molecule has 2 rings (SSSR count). The molecule has 0 atom stereocenters. The summed E-state index contributed by atoms with van der Waals surface area (Å²) in [6.07, 6.45) is -4.89. The Labute approximate surface area is 149 Å². The zero-order valence-corrected chi connectivity index (χ0v) is 14.7. The van der Waals surface area contributed by atoms with Gasteiger partial charge >= 0.3 is 6.36 Å². The van der Waals surface area contributed by atoms with Crippen molar-refractivity contribution in [3.05, 3.63) is 59.7 Å². The third-order valence-electron chi connectivity index (χ3n) is 3.38. The highest BCUT2D eigenvalue weighted by Gasteiger charge is 2.31. The van der Waals surface area contributed by atoms with E-state index in [4.69, 9.17) is 4.74 Å². The Morgan fingerprint density at radius 3 is 2.38 bits per heavy atom. The van der Waals surface area contributed by atoms with Crippen LogP contribution in [0.25, 0.3) is 0 Å². The maximum absolute atomic E-state index is 12.4. The van der Waals surface area contributed by atoms with E-state index in [-0.39, 0.29) is 11.4 Å². The minimum Gasteiger partial charge on any atom is -0.406 e. The Balaban J connectivity index is 2.14. The average molecular weight is 389 g/mol. The molecule has 2 aromatic rings. The van der Waals surface area contributed by atoms with Crippen LogP contribution in [-0.4, -0.2) is 21.4 Å².